The molecule has 0 aromatic rings. The predicted molar refractivity (Wildman–Crippen MR) is 83.1 cm³/mol. The van der Waals surface area contributed by atoms with E-state index in [9.17, 15) is 71.1 Å². The average Bonchev–Trinajstić information content (AvgIpc) is 2.66. The highest BCUT2D eigenvalue weighted by Crippen LogP contribution is 2.57. The quantitative estimate of drug-likeness (QED) is 0.183. The highest BCUT2D eigenvalue weighted by molar-refractivity contribution is 5.80. The van der Waals surface area contributed by atoms with Crippen LogP contribution in [0.25, 0.3) is 0 Å². The monoisotopic (exact) mass is 572 g/mol. The number of hydrogen-bond acceptors (Lipinski definition) is 5. The third-order valence-corrected chi connectivity index (χ3v) is 4.62. The summed E-state index contributed by atoms with van der Waals surface area (Å²) < 4.78 is 214. The van der Waals surface area contributed by atoms with E-state index in [4.69, 9.17) is 0 Å². The molecule has 0 N–H and O–H groups in total. The van der Waals surface area contributed by atoms with E-state index in [0.29, 0.717) is 0 Å². The molecule has 214 valence electrons. The van der Waals surface area contributed by atoms with E-state index in [2.05, 4.69) is 14.2 Å². The Morgan fingerprint density at radius 3 is 1.44 bits per heavy atom. The Labute approximate surface area is 190 Å². The predicted octanol–water partition coefficient (Wildman–Crippen LogP) is 5.61. The standard InChI is InChI=1S/C16H15F15O5/c1-5-6(10(18,7(17)32)13(22,23)24)35-16(30,31)12(21,14(25,26)27)9(2,3)36-15(28,29)11(19,20)8(33)34-4/h6H,5H2,1-4H3. The van der Waals surface area contributed by atoms with Gasteiger partial charge in [0.2, 0.25) is 0 Å². The molecule has 5 nitrogen and oxygen atoms in total. The lowest BCUT2D eigenvalue weighted by Gasteiger charge is -2.47. The molecule has 0 aliphatic carbocycles. The summed E-state index contributed by atoms with van der Waals surface area (Å²) in [5.74, 6) is -9.46. The molecule has 3 unspecified atom stereocenters. The third-order valence-electron chi connectivity index (χ3n) is 4.62. The fourth-order valence-electron chi connectivity index (χ4n) is 2.68. The molecule has 0 bridgehead atoms. The number of hydrogen-bond donors (Lipinski definition) is 0. The van der Waals surface area contributed by atoms with Gasteiger partial charge in [0.25, 0.3) is 0 Å². The zero-order chi connectivity index (χ0) is 29.6. The molecule has 0 radical (unpaired) electrons. The summed E-state index contributed by atoms with van der Waals surface area (Å²) in [6, 6.07) is -4.12. The molecular formula is C16H15F15O5. The minimum Gasteiger partial charge on any atom is -0.464 e. The van der Waals surface area contributed by atoms with Gasteiger partial charge in [0, 0.05) is 0 Å². The van der Waals surface area contributed by atoms with E-state index in [1.54, 1.807) is 0 Å². The molecule has 20 heteroatoms. The van der Waals surface area contributed by atoms with Gasteiger partial charge in [0.05, 0.1) is 7.11 Å². The summed E-state index contributed by atoms with van der Waals surface area (Å²) in [5, 5.41) is 0. The van der Waals surface area contributed by atoms with Crippen molar-refractivity contribution in [1.29, 1.82) is 0 Å². The molecule has 0 aliphatic rings. The van der Waals surface area contributed by atoms with E-state index in [0.717, 1.165) is 0 Å². The molecule has 0 saturated heterocycles. The number of halogens is 15. The van der Waals surface area contributed by atoms with Crippen LogP contribution in [0.3, 0.4) is 0 Å². The number of esters is 1. The van der Waals surface area contributed by atoms with Gasteiger partial charge in [-0.15, -0.1) is 0 Å². The van der Waals surface area contributed by atoms with Gasteiger partial charge >= 0.3 is 53.8 Å². The Balaban J connectivity index is 6.91. The van der Waals surface area contributed by atoms with E-state index >= 15 is 4.39 Å². The molecule has 3 atom stereocenters. The van der Waals surface area contributed by atoms with Crippen molar-refractivity contribution >= 4 is 12.0 Å². The second-order valence-electron chi connectivity index (χ2n) is 7.37. The van der Waals surface area contributed by atoms with E-state index in [-0.39, 0.29) is 14.0 Å². The SMILES string of the molecule is CCC(OC(F)(F)C(F)(C(F)(F)F)C(C)(C)OC(F)(F)C(F)(F)C(=O)OC)C(F)(C(=O)F)C(F)(F)F. The Morgan fingerprint density at radius 2 is 1.17 bits per heavy atom. The Bertz CT molecular complexity index is 822. The number of carbonyl (C=O) groups excluding carboxylic acids is 2. The summed E-state index contributed by atoms with van der Waals surface area (Å²) in [6.45, 7) is -1.15. The molecule has 0 aromatic carbocycles. The number of carbonyl (C=O) groups is 2. The zero-order valence-corrected chi connectivity index (χ0v) is 18.0. The molecule has 0 saturated carbocycles. The van der Waals surface area contributed by atoms with Gasteiger partial charge in [-0.05, 0) is 20.3 Å². The molecule has 0 aliphatic heterocycles. The maximum atomic E-state index is 15.0. The number of alkyl halides is 14. The van der Waals surface area contributed by atoms with Crippen LogP contribution in [-0.4, -0.2) is 72.7 Å². The van der Waals surface area contributed by atoms with Crippen molar-refractivity contribution in [1.82, 2.24) is 0 Å². The molecule has 0 amide bonds. The van der Waals surface area contributed by atoms with Crippen LogP contribution in [0.1, 0.15) is 27.2 Å². The normalized spacial score (nSPS) is 18.8. The van der Waals surface area contributed by atoms with Crippen LogP contribution >= 0.6 is 0 Å². The van der Waals surface area contributed by atoms with Gasteiger partial charge < -0.3 is 14.2 Å². The van der Waals surface area contributed by atoms with Gasteiger partial charge in [-0.1, -0.05) is 6.92 Å². The number of methoxy groups -OCH3 is 1. The number of rotatable bonds is 11. The first-order valence-corrected chi connectivity index (χ1v) is 8.86. The molecule has 0 fully saturated rings. The fourth-order valence-corrected chi connectivity index (χ4v) is 2.68. The van der Waals surface area contributed by atoms with Crippen LogP contribution in [-0.2, 0) is 23.8 Å². The van der Waals surface area contributed by atoms with Crippen LogP contribution in [0.5, 0.6) is 0 Å². The first-order chi connectivity index (χ1) is 15.5. The minimum absolute atomic E-state index is 0.0650. The smallest absolute Gasteiger partial charge is 0.435 e. The van der Waals surface area contributed by atoms with Crippen LogP contribution < -0.4 is 0 Å². The first-order valence-electron chi connectivity index (χ1n) is 8.86. The highest BCUT2D eigenvalue weighted by Gasteiger charge is 2.83. The lowest BCUT2D eigenvalue weighted by molar-refractivity contribution is -0.463. The van der Waals surface area contributed by atoms with Gasteiger partial charge in [-0.3, -0.25) is 4.79 Å². The Kier molecular flexibility index (Phi) is 9.18. The van der Waals surface area contributed by atoms with Crippen LogP contribution in [0, 0.1) is 0 Å². The second kappa shape index (κ2) is 9.71. The van der Waals surface area contributed by atoms with E-state index < -0.39 is 85.8 Å². The summed E-state index contributed by atoms with van der Waals surface area (Å²) in [4.78, 5) is 21.4. The maximum absolute atomic E-state index is 15.0. The van der Waals surface area contributed by atoms with Crippen molar-refractivity contribution < 1.29 is 89.7 Å². The van der Waals surface area contributed by atoms with Crippen molar-refractivity contribution in [3.8, 4) is 0 Å². The average molecular weight is 572 g/mol. The van der Waals surface area contributed by atoms with Gasteiger partial charge in [-0.2, -0.15) is 57.1 Å². The van der Waals surface area contributed by atoms with Crippen molar-refractivity contribution in [2.24, 2.45) is 0 Å². The van der Waals surface area contributed by atoms with Gasteiger partial charge in [-0.25, -0.2) is 13.6 Å². The Morgan fingerprint density at radius 1 is 0.750 bits per heavy atom. The summed E-state index contributed by atoms with van der Waals surface area (Å²) in [5.41, 5.74) is -18.0. The van der Waals surface area contributed by atoms with Crippen LogP contribution in [0.15, 0.2) is 0 Å². The van der Waals surface area contributed by atoms with Crippen LogP contribution in [0.2, 0.25) is 0 Å². The van der Waals surface area contributed by atoms with Crippen molar-refractivity contribution in [2.45, 2.75) is 80.7 Å². The van der Waals surface area contributed by atoms with Crippen molar-refractivity contribution in [3.05, 3.63) is 0 Å². The summed E-state index contributed by atoms with van der Waals surface area (Å²) in [6.07, 6.45) is -33.8. The second-order valence-corrected chi connectivity index (χ2v) is 7.37. The maximum Gasteiger partial charge on any atom is 0.435 e. The first kappa shape index (κ1) is 34.0. The van der Waals surface area contributed by atoms with E-state index in [1.807, 2.05) is 0 Å². The van der Waals surface area contributed by atoms with Gasteiger partial charge in [0.1, 0.15) is 11.7 Å². The highest BCUT2D eigenvalue weighted by atomic mass is 19.4. The number of ether oxygens (including phenoxy) is 3. The Hall–Kier alpha value is -1.99. The molecule has 0 heterocycles. The summed E-state index contributed by atoms with van der Waals surface area (Å²) >= 11 is 0. The third kappa shape index (κ3) is 5.33. The molecule has 36 heavy (non-hydrogen) atoms. The van der Waals surface area contributed by atoms with Crippen LogP contribution in [0.4, 0.5) is 65.9 Å². The van der Waals surface area contributed by atoms with Crippen molar-refractivity contribution in [2.75, 3.05) is 7.11 Å². The van der Waals surface area contributed by atoms with Crippen molar-refractivity contribution in [3.63, 3.8) is 0 Å². The zero-order valence-electron chi connectivity index (χ0n) is 18.0. The lowest BCUT2D eigenvalue weighted by atomic mass is 9.84. The molecule has 0 rings (SSSR count). The lowest BCUT2D eigenvalue weighted by Crippen LogP contribution is -2.72. The molecular weight excluding hydrogens is 557 g/mol. The van der Waals surface area contributed by atoms with E-state index in [1.165, 1.54) is 0 Å². The fraction of sp³-hybridized carbons (Fsp3) is 0.875. The molecule has 0 spiro atoms. The largest absolute Gasteiger partial charge is 0.464 e. The van der Waals surface area contributed by atoms with Gasteiger partial charge in [0.15, 0.2) is 0 Å². The molecule has 0 aromatic heterocycles. The minimum atomic E-state index is -7.26. The topological polar surface area (TPSA) is 61.8 Å². The summed E-state index contributed by atoms with van der Waals surface area (Å²) in [7, 11) is 0.0650.